The minimum Gasteiger partial charge on any atom is -0.451 e. The number of thiazole rings is 1. The number of para-hydroxylation sites is 2. The van der Waals surface area contributed by atoms with Crippen LogP contribution >= 0.6 is 22.7 Å². The third-order valence-corrected chi connectivity index (χ3v) is 7.82. The maximum Gasteiger partial charge on any atom is 0.292 e. The van der Waals surface area contributed by atoms with Gasteiger partial charge in [-0.15, -0.1) is 22.7 Å². The third-order valence-electron chi connectivity index (χ3n) is 5.63. The van der Waals surface area contributed by atoms with Gasteiger partial charge in [0, 0.05) is 28.9 Å². The van der Waals surface area contributed by atoms with Crippen LogP contribution in [-0.4, -0.2) is 48.6 Å². The van der Waals surface area contributed by atoms with E-state index in [9.17, 15) is 13.2 Å². The second kappa shape index (κ2) is 9.75. The molecule has 0 unspecified atom stereocenters. The summed E-state index contributed by atoms with van der Waals surface area (Å²) in [7, 11) is -1.54. The summed E-state index contributed by atoms with van der Waals surface area (Å²) in [6, 6.07) is 17.6. The Hall–Kier alpha value is -3.09. The van der Waals surface area contributed by atoms with Gasteiger partial charge in [0.25, 0.3) is 16.0 Å². The molecule has 5 aromatic rings. The van der Waals surface area contributed by atoms with Crippen LogP contribution < -0.4 is 5.32 Å². The number of benzene rings is 2. The standard InChI is InChI=1S/C24H19N3O2S2.CH4O3S/c1-27-11-10-15-20(13-27)31-24(21(15)23-25-16-7-3-5-9-19(16)30-23)26-22(28)18-12-14-6-2-4-8-17(14)29-18;1-5(2,3)4/h2-9,12H,10-11,13H2,1H3,(H,26,28);1H3,(H,2,3,4). The largest absolute Gasteiger partial charge is 0.451 e. The van der Waals surface area contributed by atoms with Crippen molar-refractivity contribution in [2.24, 2.45) is 0 Å². The Labute approximate surface area is 215 Å². The number of rotatable bonds is 3. The topological polar surface area (TPSA) is 113 Å². The van der Waals surface area contributed by atoms with Gasteiger partial charge in [0.05, 0.1) is 16.5 Å². The van der Waals surface area contributed by atoms with Gasteiger partial charge in [-0.05, 0) is 43.3 Å². The number of fused-ring (bicyclic) bond motifs is 3. The summed E-state index contributed by atoms with van der Waals surface area (Å²) in [5, 5.41) is 5.87. The van der Waals surface area contributed by atoms with Crippen LogP contribution in [0.3, 0.4) is 0 Å². The summed E-state index contributed by atoms with van der Waals surface area (Å²) in [4.78, 5) is 21.6. The number of anilines is 1. The molecule has 11 heteroatoms. The molecule has 0 bridgehead atoms. The van der Waals surface area contributed by atoms with E-state index in [4.69, 9.17) is 14.0 Å². The molecule has 0 radical (unpaired) electrons. The van der Waals surface area contributed by atoms with Gasteiger partial charge in [-0.1, -0.05) is 30.3 Å². The first-order valence-electron chi connectivity index (χ1n) is 11.1. The lowest BCUT2D eigenvalue weighted by Crippen LogP contribution is -2.25. The highest BCUT2D eigenvalue weighted by molar-refractivity contribution is 7.85. The van der Waals surface area contributed by atoms with E-state index in [1.807, 2.05) is 42.5 Å². The molecular formula is C25H23N3O5S3. The van der Waals surface area contributed by atoms with Crippen molar-refractivity contribution >= 4 is 64.9 Å². The molecule has 0 saturated heterocycles. The summed E-state index contributed by atoms with van der Waals surface area (Å²) in [5.74, 6) is 0.0884. The highest BCUT2D eigenvalue weighted by Gasteiger charge is 2.27. The lowest BCUT2D eigenvalue weighted by atomic mass is 10.0. The van der Waals surface area contributed by atoms with E-state index in [0.29, 0.717) is 17.6 Å². The van der Waals surface area contributed by atoms with Crippen molar-refractivity contribution in [2.45, 2.75) is 13.0 Å². The van der Waals surface area contributed by atoms with Crippen molar-refractivity contribution in [3.05, 3.63) is 70.8 Å². The first-order chi connectivity index (χ1) is 17.2. The minimum atomic E-state index is -3.67. The quantitative estimate of drug-likeness (QED) is 0.289. The minimum absolute atomic E-state index is 0.231. The number of nitrogens with one attached hydrogen (secondary N) is 1. The number of thiophene rings is 1. The average molecular weight is 542 g/mol. The van der Waals surface area contributed by atoms with Gasteiger partial charge in [0.1, 0.15) is 15.6 Å². The van der Waals surface area contributed by atoms with Crippen molar-refractivity contribution in [1.29, 1.82) is 0 Å². The Morgan fingerprint density at radius 3 is 2.61 bits per heavy atom. The molecule has 1 amide bonds. The normalized spacial score (nSPS) is 13.9. The number of carbonyl (C=O) groups excluding carboxylic acids is 1. The summed E-state index contributed by atoms with van der Waals surface area (Å²) < 4.78 is 32.8. The second-order valence-corrected chi connectivity index (χ2v) is 12.1. The maximum absolute atomic E-state index is 13.1. The molecule has 2 N–H and O–H groups in total. The van der Waals surface area contributed by atoms with Gasteiger partial charge in [-0.2, -0.15) is 8.42 Å². The predicted molar refractivity (Wildman–Crippen MR) is 145 cm³/mol. The molecule has 8 nitrogen and oxygen atoms in total. The lowest BCUT2D eigenvalue weighted by molar-refractivity contribution is 0.0999. The van der Waals surface area contributed by atoms with Crippen LogP contribution in [0.2, 0.25) is 0 Å². The summed E-state index contributed by atoms with van der Waals surface area (Å²) in [5.41, 5.74) is 4.08. The molecule has 0 aliphatic carbocycles. The Kier molecular flexibility index (Phi) is 6.66. The van der Waals surface area contributed by atoms with Crippen molar-refractivity contribution in [3.8, 4) is 10.6 Å². The van der Waals surface area contributed by atoms with Gasteiger partial charge < -0.3 is 14.6 Å². The van der Waals surface area contributed by atoms with Crippen LogP contribution in [0.25, 0.3) is 31.8 Å². The Balaban J connectivity index is 0.000000489. The fourth-order valence-electron chi connectivity index (χ4n) is 4.08. The first kappa shape index (κ1) is 24.6. The highest BCUT2D eigenvalue weighted by Crippen LogP contribution is 2.45. The molecule has 0 atom stereocenters. The van der Waals surface area contributed by atoms with E-state index in [1.54, 1.807) is 28.7 Å². The molecule has 0 fully saturated rings. The van der Waals surface area contributed by atoms with Crippen LogP contribution in [0.4, 0.5) is 5.00 Å². The molecule has 2 aromatic carbocycles. The van der Waals surface area contributed by atoms with E-state index in [0.717, 1.165) is 50.7 Å². The molecule has 4 heterocycles. The van der Waals surface area contributed by atoms with Crippen molar-refractivity contribution in [2.75, 3.05) is 25.2 Å². The highest BCUT2D eigenvalue weighted by atomic mass is 32.2. The fraction of sp³-hybridized carbons (Fsp3) is 0.200. The Morgan fingerprint density at radius 1 is 1.14 bits per heavy atom. The summed E-state index contributed by atoms with van der Waals surface area (Å²) >= 11 is 3.33. The zero-order valence-electron chi connectivity index (χ0n) is 19.5. The van der Waals surface area contributed by atoms with Crippen molar-refractivity contribution < 1.29 is 22.2 Å². The first-order valence-corrected chi connectivity index (χ1v) is 14.6. The number of amides is 1. The van der Waals surface area contributed by atoms with Gasteiger partial charge >= 0.3 is 0 Å². The number of likely N-dealkylation sites (N-methyl/N-ethyl adjacent to an activating group) is 1. The molecule has 1 aliphatic rings. The van der Waals surface area contributed by atoms with Crippen LogP contribution in [0.1, 0.15) is 21.0 Å². The third kappa shape index (κ3) is 5.35. The second-order valence-electron chi connectivity index (χ2n) is 8.52. The van der Waals surface area contributed by atoms with E-state index in [-0.39, 0.29) is 5.91 Å². The molecule has 3 aromatic heterocycles. The maximum atomic E-state index is 13.1. The molecule has 36 heavy (non-hydrogen) atoms. The zero-order valence-corrected chi connectivity index (χ0v) is 22.0. The van der Waals surface area contributed by atoms with Gasteiger partial charge in [-0.3, -0.25) is 9.35 Å². The van der Waals surface area contributed by atoms with Gasteiger partial charge in [-0.25, -0.2) is 4.98 Å². The summed E-state index contributed by atoms with van der Waals surface area (Å²) in [6.07, 6.45) is 1.67. The molecule has 0 spiro atoms. The number of hydrogen-bond donors (Lipinski definition) is 2. The average Bonchev–Trinajstić information content (AvgIpc) is 3.51. The van der Waals surface area contributed by atoms with Crippen molar-refractivity contribution in [3.63, 3.8) is 0 Å². The Morgan fingerprint density at radius 2 is 1.86 bits per heavy atom. The molecule has 1 aliphatic heterocycles. The van der Waals surface area contributed by atoms with E-state index in [1.165, 1.54) is 10.4 Å². The number of furan rings is 1. The SMILES string of the molecule is CN1CCc2c(sc(NC(=O)c3cc4ccccc4o3)c2-c2nc3ccccc3s2)C1.CS(=O)(=O)O. The van der Waals surface area contributed by atoms with Gasteiger partial charge in [0.2, 0.25) is 0 Å². The van der Waals surface area contributed by atoms with Crippen LogP contribution in [0.5, 0.6) is 0 Å². The van der Waals surface area contributed by atoms with Crippen molar-refractivity contribution in [1.82, 2.24) is 9.88 Å². The van der Waals surface area contributed by atoms with E-state index < -0.39 is 10.1 Å². The van der Waals surface area contributed by atoms with Crippen LogP contribution in [0.15, 0.2) is 59.0 Å². The van der Waals surface area contributed by atoms with Crippen LogP contribution in [0, 0.1) is 0 Å². The molecule has 0 saturated carbocycles. The predicted octanol–water partition coefficient (Wildman–Crippen LogP) is 5.52. The number of carbonyl (C=O) groups is 1. The molecular weight excluding hydrogens is 518 g/mol. The van der Waals surface area contributed by atoms with Gasteiger partial charge in [0.15, 0.2) is 5.76 Å². The number of hydrogen-bond acceptors (Lipinski definition) is 8. The number of aromatic nitrogens is 1. The number of nitrogens with zero attached hydrogens (tertiary/aromatic N) is 2. The van der Waals surface area contributed by atoms with E-state index in [2.05, 4.69) is 23.3 Å². The summed E-state index contributed by atoms with van der Waals surface area (Å²) in [6.45, 7) is 1.89. The van der Waals surface area contributed by atoms with E-state index >= 15 is 0 Å². The smallest absolute Gasteiger partial charge is 0.292 e. The fourth-order valence-corrected chi connectivity index (χ4v) is 6.52. The molecule has 6 rings (SSSR count). The zero-order chi connectivity index (χ0) is 25.4. The molecule has 186 valence electrons. The monoisotopic (exact) mass is 541 g/mol. The lowest BCUT2D eigenvalue weighted by Gasteiger charge is -2.22. The van der Waals surface area contributed by atoms with Crippen LogP contribution in [-0.2, 0) is 23.1 Å². The Bertz CT molecular complexity index is 1610.